The van der Waals surface area contributed by atoms with Gasteiger partial charge in [-0.05, 0) is 156 Å². The maximum absolute atomic E-state index is 12.2. The molecule has 9 aliphatic rings. The molecule has 2 aliphatic carbocycles. The summed E-state index contributed by atoms with van der Waals surface area (Å²) >= 11 is 0. The first kappa shape index (κ1) is 121. The van der Waals surface area contributed by atoms with Crippen LogP contribution < -0.4 is 38.9 Å². The van der Waals surface area contributed by atoms with Crippen molar-refractivity contribution in [3.8, 4) is 0 Å². The first-order chi connectivity index (χ1) is 60.3. The second-order valence-corrected chi connectivity index (χ2v) is 45.2. The van der Waals surface area contributed by atoms with E-state index in [4.69, 9.17) is 47.0 Å². The number of amides is 11. The molecule has 0 aromatic carbocycles. The monoisotopic (exact) mass is 1860 g/mol. The molecule has 0 spiro atoms. The summed E-state index contributed by atoms with van der Waals surface area (Å²) in [5.41, 5.74) is 19.5. The highest BCUT2D eigenvalue weighted by atomic mass is 32.2. The lowest BCUT2D eigenvalue weighted by atomic mass is 9.64. The largest absolute Gasteiger partial charge is 0.395 e. The van der Waals surface area contributed by atoms with Gasteiger partial charge in [-0.25, -0.2) is 18.1 Å². The maximum atomic E-state index is 12.2. The minimum Gasteiger partial charge on any atom is -0.395 e. The molecule has 10 rings (SSSR count). The molecule has 33 heteroatoms. The number of fused-ring (bicyclic) bond motifs is 1. The number of nitrogens with two attached hydrogens (primary N) is 4. The summed E-state index contributed by atoms with van der Waals surface area (Å²) in [4.78, 5) is 137. The SMILES string of the molecule is CC(C)CC(C)(C)C(=O)N1CCOCC1.CC(C)CC(C)(C)C(=O)NCCO.CC(C)CC1(C(N)=O)CC1.CC(C)CC1(C(N)=O)CCC1.CC(C)CC1(C(N)=O)CCOCC1.CC(C)CC1(C(N)=O)COC1.CC(C)CCC(=O)N1CCNC(=O)C1.CC(C)CCC(=O)N1CCn2ncnc2C1.CC(C)CCC(=O)NC1COC1.CCC(C)(C)C(=O)N1CCS(=O)(=O)CC1. The van der Waals surface area contributed by atoms with Crippen LogP contribution in [0.4, 0.5) is 0 Å². The Morgan fingerprint density at radius 3 is 1.28 bits per heavy atom. The molecule has 0 unspecified atom stereocenters. The Labute approximate surface area is 783 Å². The number of primary amides is 4. The van der Waals surface area contributed by atoms with Crippen LogP contribution in [0.15, 0.2) is 6.33 Å². The average molecular weight is 1860 g/mol. The van der Waals surface area contributed by atoms with Gasteiger partial charge in [-0.1, -0.05) is 180 Å². The molecule has 130 heavy (non-hydrogen) atoms. The van der Waals surface area contributed by atoms with E-state index in [-0.39, 0.29) is 134 Å². The van der Waals surface area contributed by atoms with Crippen LogP contribution >= 0.6 is 0 Å². The number of carbonyl (C=O) groups is 11. The molecule has 11 amide bonds. The van der Waals surface area contributed by atoms with Crippen LogP contribution in [0.1, 0.15) is 307 Å². The molecule has 754 valence electrons. The number of ether oxygens (including phenoxy) is 4. The van der Waals surface area contributed by atoms with Crippen LogP contribution in [0.5, 0.6) is 0 Å². The lowest BCUT2D eigenvalue weighted by Gasteiger charge is -2.40. The third-order valence-electron chi connectivity index (χ3n) is 24.7. The molecule has 8 heterocycles. The second-order valence-electron chi connectivity index (χ2n) is 42.9. The van der Waals surface area contributed by atoms with Gasteiger partial charge in [0.05, 0.1) is 94.3 Å². The average Bonchev–Trinajstić information content (AvgIpc) is 1.63. The molecule has 0 bridgehead atoms. The van der Waals surface area contributed by atoms with Crippen LogP contribution in [0.25, 0.3) is 0 Å². The molecule has 32 nitrogen and oxygen atoms in total. The van der Waals surface area contributed by atoms with E-state index in [9.17, 15) is 61.2 Å². The van der Waals surface area contributed by atoms with Gasteiger partial charge in [0.2, 0.25) is 65.0 Å². The third-order valence-corrected chi connectivity index (χ3v) is 26.3. The van der Waals surface area contributed by atoms with Gasteiger partial charge in [0, 0.05) is 112 Å². The number of aliphatic hydroxyl groups is 1. The van der Waals surface area contributed by atoms with Gasteiger partial charge in [0.25, 0.3) is 0 Å². The molecule has 0 radical (unpaired) electrons. The molecular formula is C97H182N14O18S. The van der Waals surface area contributed by atoms with Crippen molar-refractivity contribution in [2.45, 2.75) is 321 Å². The highest BCUT2D eigenvalue weighted by Gasteiger charge is 2.49. The molecular weight excluding hydrogens is 1680 g/mol. The number of hydrogen-bond donors (Lipinski definition) is 8. The highest BCUT2D eigenvalue weighted by molar-refractivity contribution is 7.91. The van der Waals surface area contributed by atoms with Gasteiger partial charge in [0.1, 0.15) is 12.2 Å². The van der Waals surface area contributed by atoms with Gasteiger partial charge in [0.15, 0.2) is 9.84 Å². The molecule has 1 aromatic rings. The number of aliphatic hydroxyl groups excluding tert-OH is 1. The van der Waals surface area contributed by atoms with Crippen LogP contribution in [0, 0.1) is 91.2 Å². The number of rotatable bonds is 32. The minimum absolute atomic E-state index is 0.00347. The Bertz CT molecular complexity index is 3610. The normalized spacial score (nSPS) is 18.5. The zero-order chi connectivity index (χ0) is 99.4. The maximum Gasteiger partial charge on any atom is 0.239 e. The zero-order valence-electron chi connectivity index (χ0n) is 85.3. The standard InChI is InChI=1S/C12H23NO2.C11H18N4O.C10H18N2O2.C10H19NO3S.C10H19NO2.C10H21NO2.C9H17NO2.C9H17NO.C8H15NO2.C8H15NO/c1-10(2)9-12(3,4)11(14)13-5-7-15-8-6-13;1-9(2)3-4-11(16)14-5-6-15-10(7-14)12-8-13-15;1-8(2)3-4-10(14)12-6-5-11-9(13)7-12;1-4-10(2,3)9(12)11-5-7-15(13,14)8-6-11;1-8(2)7-10(9(11)12)3-5-13-6-4-10;1-8(2)7-10(3,4)9(13)11-5-6-12;1-7(2)3-4-9(11)10-8-5-12-6-8;1-7(2)6-9(8(10)11)4-3-5-9;1-6(2)3-8(7(9)10)4-11-5-8;1-6(2)5-8(3-4-8)7(9)10/h10H,5-9H2,1-4H3;8-9H,3-7H2,1-2H3;8H,3-7H2,1-2H3,(H,11,13);4-8H2,1-3H3;8H,3-7H2,1-2H3,(H2,11,12);8,12H,5-7H2,1-4H3,(H,11,13);7-8H,3-6H2,1-2H3,(H,10,11);7H,3-6H2,1-2H3,(H2,10,11);6H,3-5H2,1-2H3,(H2,9,10);6H,3-5H2,1-2H3,(H2,9,10). The first-order valence-corrected chi connectivity index (χ1v) is 50.3. The summed E-state index contributed by atoms with van der Waals surface area (Å²) in [5, 5.41) is 20.9. The number of hydrogen-bond acceptors (Lipinski definition) is 20. The van der Waals surface area contributed by atoms with Crippen molar-refractivity contribution in [3.05, 3.63) is 12.2 Å². The molecule has 1 aromatic heterocycles. The topological polar surface area (TPSA) is 463 Å². The van der Waals surface area contributed by atoms with E-state index in [1.165, 1.54) is 6.42 Å². The first-order valence-electron chi connectivity index (χ1n) is 48.5. The van der Waals surface area contributed by atoms with Gasteiger partial charge in [-0.2, -0.15) is 5.10 Å². The summed E-state index contributed by atoms with van der Waals surface area (Å²) < 4.78 is 44.7. The molecule has 0 atom stereocenters. The van der Waals surface area contributed by atoms with Gasteiger partial charge < -0.3 is 82.5 Å². The van der Waals surface area contributed by atoms with Crippen molar-refractivity contribution in [1.82, 2.24) is 50.3 Å². The Hall–Kier alpha value is -6.94. The van der Waals surface area contributed by atoms with Crippen molar-refractivity contribution >= 4 is 74.8 Å². The minimum atomic E-state index is -2.90. The lowest BCUT2D eigenvalue weighted by molar-refractivity contribution is -0.161. The van der Waals surface area contributed by atoms with E-state index in [2.05, 4.69) is 151 Å². The number of sulfone groups is 1. The van der Waals surface area contributed by atoms with E-state index in [0.717, 1.165) is 135 Å². The smallest absolute Gasteiger partial charge is 0.239 e. The number of morpholine rings is 1. The number of aromatic nitrogens is 3. The number of nitrogens with zero attached hydrogens (tertiary/aromatic N) is 7. The third kappa shape index (κ3) is 46.8. The lowest BCUT2D eigenvalue weighted by Crippen LogP contribution is -2.53. The summed E-state index contributed by atoms with van der Waals surface area (Å²) in [5.74, 6) is 6.40. The van der Waals surface area contributed by atoms with Crippen LogP contribution in [-0.2, 0) is 94.6 Å². The number of piperazine rings is 1. The van der Waals surface area contributed by atoms with Crippen molar-refractivity contribution in [1.29, 1.82) is 0 Å². The fourth-order valence-corrected chi connectivity index (χ4v) is 17.8. The number of nitrogens with one attached hydrogen (secondary N) is 3. The van der Waals surface area contributed by atoms with Gasteiger partial charge >= 0.3 is 0 Å². The van der Waals surface area contributed by atoms with E-state index in [0.29, 0.717) is 165 Å². The summed E-state index contributed by atoms with van der Waals surface area (Å²) in [6, 6.07) is 0.282. The summed E-state index contributed by atoms with van der Waals surface area (Å²) in [7, 11) is -2.90. The Balaban J connectivity index is 0.000000724. The highest BCUT2D eigenvalue weighted by Crippen LogP contribution is 2.50. The quantitative estimate of drug-likeness (QED) is 0.0332. The van der Waals surface area contributed by atoms with Crippen LogP contribution in [0.2, 0.25) is 0 Å². The van der Waals surface area contributed by atoms with E-state index in [1.807, 2.05) is 62.9 Å². The zero-order valence-corrected chi connectivity index (χ0v) is 86.1. The molecule has 12 N–H and O–H groups in total. The summed E-state index contributed by atoms with van der Waals surface area (Å²) in [6.07, 6.45) is 19.3. The van der Waals surface area contributed by atoms with E-state index in [1.54, 1.807) is 16.1 Å². The Morgan fingerprint density at radius 2 is 0.908 bits per heavy atom. The van der Waals surface area contributed by atoms with Crippen molar-refractivity contribution in [2.75, 3.05) is 130 Å². The second kappa shape index (κ2) is 59.0. The Kier molecular flexibility index (Phi) is 55.0. The predicted octanol–water partition coefficient (Wildman–Crippen LogP) is 11.0. The predicted molar refractivity (Wildman–Crippen MR) is 512 cm³/mol. The fraction of sp³-hybridized carbons (Fsp3) is 0.866. The number of carbonyl (C=O) groups excluding carboxylic acids is 11. The molecule has 6 saturated heterocycles. The van der Waals surface area contributed by atoms with E-state index >= 15 is 0 Å². The van der Waals surface area contributed by atoms with Gasteiger partial charge in [-0.3, -0.25) is 52.7 Å². The molecule has 2 saturated carbocycles. The van der Waals surface area contributed by atoms with Crippen molar-refractivity contribution in [2.24, 2.45) is 114 Å². The molecule has 7 aliphatic heterocycles. The van der Waals surface area contributed by atoms with Crippen molar-refractivity contribution < 1.29 is 85.2 Å². The van der Waals surface area contributed by atoms with Crippen LogP contribution in [0.3, 0.4) is 0 Å². The fourth-order valence-electron chi connectivity index (χ4n) is 16.6. The Morgan fingerprint density at radius 1 is 0.492 bits per heavy atom. The van der Waals surface area contributed by atoms with E-state index < -0.39 is 9.84 Å². The summed E-state index contributed by atoms with van der Waals surface area (Å²) in [6.45, 7) is 63.2. The molecule has 8 fully saturated rings. The van der Waals surface area contributed by atoms with Gasteiger partial charge in [-0.15, -0.1) is 0 Å². The van der Waals surface area contributed by atoms with Crippen LogP contribution in [-0.4, -0.2) is 249 Å². The van der Waals surface area contributed by atoms with Crippen molar-refractivity contribution in [3.63, 3.8) is 0 Å².